The molecule has 0 heterocycles. The summed E-state index contributed by atoms with van der Waals surface area (Å²) in [5.74, 6) is -5.17. The Labute approximate surface area is 183 Å². The van der Waals surface area contributed by atoms with Gasteiger partial charge in [0.2, 0.25) is 17.7 Å². The fourth-order valence-corrected chi connectivity index (χ4v) is 2.32. The number of carbonyl (C=O) groups excluding carboxylic acids is 3. The number of nitrogens with zero attached hydrogens (tertiary/aromatic N) is 1. The van der Waals surface area contributed by atoms with Crippen molar-refractivity contribution < 1.29 is 39.3 Å². The Balaban J connectivity index is 5.12. The Morgan fingerprint density at radius 3 is 2.00 bits per heavy atom. The molecule has 4 atom stereocenters. The van der Waals surface area contributed by atoms with Gasteiger partial charge in [-0.05, 0) is 26.2 Å². The predicted octanol–water partition coefficient (Wildman–Crippen LogP) is -4.22. The molecule has 0 saturated carbocycles. The van der Waals surface area contributed by atoms with Crippen LogP contribution in [-0.4, -0.2) is 88.3 Å². The van der Waals surface area contributed by atoms with Gasteiger partial charge in [-0.2, -0.15) is 0 Å². The van der Waals surface area contributed by atoms with Gasteiger partial charge in [0.05, 0.1) is 12.6 Å². The van der Waals surface area contributed by atoms with Crippen LogP contribution in [-0.2, 0) is 24.0 Å². The second-order valence-electron chi connectivity index (χ2n) is 6.86. The number of hydrogen-bond acceptors (Lipinski definition) is 8. The van der Waals surface area contributed by atoms with Crippen molar-refractivity contribution in [1.82, 2.24) is 16.0 Å². The van der Waals surface area contributed by atoms with Gasteiger partial charge in [-0.1, -0.05) is 0 Å². The van der Waals surface area contributed by atoms with Gasteiger partial charge in [0.25, 0.3) is 0 Å². The average molecular weight is 461 g/mol. The number of hydrogen-bond donors (Lipinski definition) is 9. The molecule has 0 aliphatic rings. The Hall–Kier alpha value is -3.46. The summed E-state index contributed by atoms with van der Waals surface area (Å²) in [6.07, 6.45) is -0.168. The number of aliphatic hydroxyl groups excluding tert-OH is 1. The largest absolute Gasteiger partial charge is 0.481 e. The van der Waals surface area contributed by atoms with Crippen LogP contribution in [0, 0.1) is 0 Å². The molecular formula is C17H31N7O8. The number of carboxylic acid groups (broad SMARTS) is 2. The summed E-state index contributed by atoms with van der Waals surface area (Å²) in [5, 5.41) is 33.3. The molecule has 0 aliphatic carbocycles. The average Bonchev–Trinajstić information content (AvgIpc) is 2.71. The molecule has 4 unspecified atom stereocenters. The molecule has 0 radical (unpaired) electrons. The molecule has 0 aromatic carbocycles. The van der Waals surface area contributed by atoms with Crippen molar-refractivity contribution in [3.8, 4) is 0 Å². The molecule has 15 nitrogen and oxygen atoms in total. The van der Waals surface area contributed by atoms with E-state index in [0.717, 1.165) is 0 Å². The standard InChI is InChI=1S/C17H31N7O8/c1-8(13(28)24-11(7-25)16(31)32)22-15(30)10(3-2-6-21-17(19)20)23-14(29)9(18)4-5-12(26)27/h8-11,25H,2-7,18H2,1H3,(H,22,30)(H,23,29)(H,24,28)(H,26,27)(H,31,32)(H4,19,20,21). The second-order valence-corrected chi connectivity index (χ2v) is 6.86. The number of nitrogens with two attached hydrogens (primary N) is 3. The highest BCUT2D eigenvalue weighted by atomic mass is 16.4. The molecule has 0 aliphatic heterocycles. The summed E-state index contributed by atoms with van der Waals surface area (Å²) in [6.45, 7) is 0.583. The zero-order valence-corrected chi connectivity index (χ0v) is 17.6. The van der Waals surface area contributed by atoms with Gasteiger partial charge in [0.15, 0.2) is 5.96 Å². The van der Waals surface area contributed by atoms with E-state index in [1.165, 1.54) is 6.92 Å². The summed E-state index contributed by atoms with van der Waals surface area (Å²) in [4.78, 5) is 62.2. The molecular weight excluding hydrogens is 430 g/mol. The van der Waals surface area contributed by atoms with Crippen LogP contribution >= 0.6 is 0 Å². The van der Waals surface area contributed by atoms with Gasteiger partial charge < -0.3 is 48.5 Å². The van der Waals surface area contributed by atoms with Crippen LogP contribution < -0.4 is 33.2 Å². The highest BCUT2D eigenvalue weighted by Gasteiger charge is 2.28. The van der Waals surface area contributed by atoms with Gasteiger partial charge in [-0.3, -0.25) is 24.2 Å². The van der Waals surface area contributed by atoms with Crippen LogP contribution in [0.2, 0.25) is 0 Å². The second kappa shape index (κ2) is 14.5. The lowest BCUT2D eigenvalue weighted by molar-refractivity contribution is -0.143. The fraction of sp³-hybridized carbons (Fsp3) is 0.647. The van der Waals surface area contributed by atoms with Crippen molar-refractivity contribution in [2.45, 2.75) is 56.8 Å². The van der Waals surface area contributed by atoms with Crippen LogP contribution in [0.25, 0.3) is 0 Å². The lowest BCUT2D eigenvalue weighted by atomic mass is 10.1. The van der Waals surface area contributed by atoms with E-state index < -0.39 is 60.4 Å². The third-order valence-electron chi connectivity index (χ3n) is 4.13. The van der Waals surface area contributed by atoms with Crippen molar-refractivity contribution >= 4 is 35.6 Å². The zero-order chi connectivity index (χ0) is 24.8. The molecule has 3 amide bonds. The Morgan fingerprint density at radius 1 is 0.906 bits per heavy atom. The van der Waals surface area contributed by atoms with Crippen LogP contribution in [0.5, 0.6) is 0 Å². The number of aliphatic carboxylic acids is 2. The molecule has 15 heteroatoms. The van der Waals surface area contributed by atoms with E-state index >= 15 is 0 Å². The summed E-state index contributed by atoms with van der Waals surface area (Å²) in [6, 6.07) is -5.09. The minimum Gasteiger partial charge on any atom is -0.481 e. The quantitative estimate of drug-likeness (QED) is 0.0640. The van der Waals surface area contributed by atoms with Crippen molar-refractivity contribution in [2.24, 2.45) is 22.2 Å². The van der Waals surface area contributed by atoms with E-state index in [4.69, 9.17) is 32.5 Å². The maximum atomic E-state index is 12.6. The van der Waals surface area contributed by atoms with E-state index in [0.29, 0.717) is 0 Å². The van der Waals surface area contributed by atoms with E-state index in [-0.39, 0.29) is 38.2 Å². The minimum atomic E-state index is -1.55. The number of carboxylic acids is 2. The van der Waals surface area contributed by atoms with Gasteiger partial charge in [-0.25, -0.2) is 4.79 Å². The van der Waals surface area contributed by atoms with E-state index in [1.807, 2.05) is 5.32 Å². The van der Waals surface area contributed by atoms with E-state index in [2.05, 4.69) is 15.6 Å². The molecule has 182 valence electrons. The third kappa shape index (κ3) is 11.7. The third-order valence-corrected chi connectivity index (χ3v) is 4.13. The molecule has 0 fully saturated rings. The molecule has 32 heavy (non-hydrogen) atoms. The normalized spacial score (nSPS) is 14.2. The molecule has 0 bridgehead atoms. The fourth-order valence-electron chi connectivity index (χ4n) is 2.32. The summed E-state index contributed by atoms with van der Waals surface area (Å²) >= 11 is 0. The summed E-state index contributed by atoms with van der Waals surface area (Å²) < 4.78 is 0. The number of aliphatic hydroxyl groups is 1. The Kier molecular flexibility index (Phi) is 13.0. The summed E-state index contributed by atoms with van der Waals surface area (Å²) in [5.41, 5.74) is 16.1. The summed E-state index contributed by atoms with van der Waals surface area (Å²) in [7, 11) is 0. The maximum Gasteiger partial charge on any atom is 0.328 e. The first kappa shape index (κ1) is 28.5. The lowest BCUT2D eigenvalue weighted by Gasteiger charge is -2.23. The Morgan fingerprint density at radius 2 is 1.50 bits per heavy atom. The van der Waals surface area contributed by atoms with Gasteiger partial charge in [-0.15, -0.1) is 0 Å². The first-order chi connectivity index (χ1) is 14.9. The highest BCUT2D eigenvalue weighted by Crippen LogP contribution is 2.03. The van der Waals surface area contributed by atoms with Crippen LogP contribution in [0.3, 0.4) is 0 Å². The van der Waals surface area contributed by atoms with Crippen molar-refractivity contribution in [1.29, 1.82) is 0 Å². The minimum absolute atomic E-state index is 0.0583. The van der Waals surface area contributed by atoms with E-state index in [1.54, 1.807) is 0 Å². The molecule has 0 aromatic rings. The predicted molar refractivity (Wildman–Crippen MR) is 111 cm³/mol. The SMILES string of the molecule is CC(NC(=O)C(CCCN=C(N)N)NC(=O)C(N)CCC(=O)O)C(=O)NC(CO)C(=O)O. The number of rotatable bonds is 15. The molecule has 12 N–H and O–H groups in total. The number of aliphatic imine (C=N–C) groups is 1. The van der Waals surface area contributed by atoms with Crippen molar-refractivity contribution in [3.05, 3.63) is 0 Å². The van der Waals surface area contributed by atoms with Crippen molar-refractivity contribution in [3.63, 3.8) is 0 Å². The van der Waals surface area contributed by atoms with Crippen molar-refractivity contribution in [2.75, 3.05) is 13.2 Å². The Bertz CT molecular complexity index is 711. The molecule has 0 spiro atoms. The molecule has 0 aromatic heterocycles. The number of amides is 3. The first-order valence-corrected chi connectivity index (χ1v) is 9.66. The number of nitrogens with one attached hydrogen (secondary N) is 3. The smallest absolute Gasteiger partial charge is 0.328 e. The molecule has 0 rings (SSSR count). The number of carbonyl (C=O) groups is 5. The van der Waals surface area contributed by atoms with E-state index in [9.17, 15) is 24.0 Å². The van der Waals surface area contributed by atoms with Gasteiger partial charge in [0, 0.05) is 13.0 Å². The highest BCUT2D eigenvalue weighted by molar-refractivity contribution is 5.94. The monoisotopic (exact) mass is 461 g/mol. The lowest BCUT2D eigenvalue weighted by Crippen LogP contribution is -2.56. The first-order valence-electron chi connectivity index (χ1n) is 9.66. The van der Waals surface area contributed by atoms with Crippen LogP contribution in [0.1, 0.15) is 32.6 Å². The van der Waals surface area contributed by atoms with Crippen LogP contribution in [0.15, 0.2) is 4.99 Å². The topological polar surface area (TPSA) is 273 Å². The van der Waals surface area contributed by atoms with Gasteiger partial charge in [0.1, 0.15) is 18.1 Å². The number of guanidine groups is 1. The zero-order valence-electron chi connectivity index (χ0n) is 17.6. The molecule has 0 saturated heterocycles. The maximum absolute atomic E-state index is 12.6. The van der Waals surface area contributed by atoms with Crippen LogP contribution in [0.4, 0.5) is 0 Å². The van der Waals surface area contributed by atoms with Gasteiger partial charge >= 0.3 is 11.9 Å².